The topological polar surface area (TPSA) is 88.3 Å². The maximum Gasteiger partial charge on any atom is 0.416 e. The molecule has 2 aliphatic heterocycles. The van der Waals surface area contributed by atoms with E-state index in [1.54, 1.807) is 12.3 Å². The highest BCUT2D eigenvalue weighted by Gasteiger charge is 2.45. The molecule has 4 heterocycles. The first-order chi connectivity index (χ1) is 17.6. The van der Waals surface area contributed by atoms with Crippen molar-refractivity contribution in [1.29, 1.82) is 0 Å². The van der Waals surface area contributed by atoms with Crippen LogP contribution in [0.4, 0.5) is 24.8 Å². The second-order valence-electron chi connectivity index (χ2n) is 10.8. The van der Waals surface area contributed by atoms with Gasteiger partial charge in [0.15, 0.2) is 0 Å². The zero-order valence-electron chi connectivity index (χ0n) is 20.9. The van der Waals surface area contributed by atoms with Crippen molar-refractivity contribution in [3.05, 3.63) is 41.3 Å². The molecule has 0 radical (unpaired) electrons. The Balaban J connectivity index is 1.28. The number of nitrogens with one attached hydrogen (secondary N) is 1. The van der Waals surface area contributed by atoms with Crippen LogP contribution in [0.15, 0.2) is 24.5 Å². The van der Waals surface area contributed by atoms with Gasteiger partial charge in [0.05, 0.1) is 59.6 Å². The van der Waals surface area contributed by atoms with Crippen molar-refractivity contribution in [1.82, 2.24) is 24.6 Å². The van der Waals surface area contributed by atoms with Gasteiger partial charge in [-0.2, -0.15) is 18.3 Å². The van der Waals surface area contributed by atoms with Crippen molar-refractivity contribution in [2.45, 2.75) is 69.3 Å². The lowest BCUT2D eigenvalue weighted by atomic mass is 9.83. The average molecular weight is 517 g/mol. The standard InChI is InChI=1S/C26H31F3N6O2/c1-15-22(12-31-35(15)18-3-4-18)33-24-30-11-17-9-20(26(27,28)29)19(10-21(17)32-24)16-5-7-34(8-6-16)25(2)14-37-13-23(25)36/h9-12,16,18,23,36H,3-8,13-14H2,1-2H3,(H,30,32,33)/t23-,25+/m1/s1. The molecule has 1 saturated carbocycles. The predicted molar refractivity (Wildman–Crippen MR) is 132 cm³/mol. The summed E-state index contributed by atoms with van der Waals surface area (Å²) in [4.78, 5) is 11.0. The number of benzene rings is 1. The number of rotatable bonds is 5. The summed E-state index contributed by atoms with van der Waals surface area (Å²) in [7, 11) is 0. The van der Waals surface area contributed by atoms with E-state index in [2.05, 4.69) is 25.3 Å². The summed E-state index contributed by atoms with van der Waals surface area (Å²) >= 11 is 0. The number of likely N-dealkylation sites (tertiary alicyclic amines) is 1. The summed E-state index contributed by atoms with van der Waals surface area (Å²) < 4.78 is 49.8. The van der Waals surface area contributed by atoms with E-state index in [-0.39, 0.29) is 18.1 Å². The molecule has 198 valence electrons. The largest absolute Gasteiger partial charge is 0.416 e. The van der Waals surface area contributed by atoms with Crippen LogP contribution in [0.1, 0.15) is 61.4 Å². The van der Waals surface area contributed by atoms with Crippen LogP contribution in [0.5, 0.6) is 0 Å². The van der Waals surface area contributed by atoms with Gasteiger partial charge >= 0.3 is 6.18 Å². The maximum absolute atomic E-state index is 14.1. The van der Waals surface area contributed by atoms with Gasteiger partial charge in [0.25, 0.3) is 0 Å². The van der Waals surface area contributed by atoms with E-state index in [1.165, 1.54) is 12.3 Å². The average Bonchev–Trinajstić information content (AvgIpc) is 3.57. The number of ether oxygens (including phenoxy) is 1. The molecule has 3 aliphatic rings. The zero-order chi connectivity index (χ0) is 25.9. The molecule has 2 aromatic heterocycles. The van der Waals surface area contributed by atoms with E-state index in [0.29, 0.717) is 55.4 Å². The minimum absolute atomic E-state index is 0.259. The van der Waals surface area contributed by atoms with Crippen molar-refractivity contribution in [3.8, 4) is 0 Å². The Kier molecular flexibility index (Phi) is 5.92. The van der Waals surface area contributed by atoms with Gasteiger partial charge in [-0.15, -0.1) is 0 Å². The van der Waals surface area contributed by atoms with E-state index >= 15 is 0 Å². The number of aliphatic hydroxyl groups is 1. The number of alkyl halides is 3. The molecule has 8 nitrogen and oxygen atoms in total. The number of aromatic nitrogens is 4. The Labute approximate surface area is 212 Å². The van der Waals surface area contributed by atoms with Gasteiger partial charge in [0, 0.05) is 11.6 Å². The first kappa shape index (κ1) is 24.6. The second kappa shape index (κ2) is 8.92. The molecule has 3 fully saturated rings. The predicted octanol–water partition coefficient (Wildman–Crippen LogP) is 4.56. The second-order valence-corrected chi connectivity index (χ2v) is 10.8. The van der Waals surface area contributed by atoms with E-state index in [4.69, 9.17) is 4.74 Å². The monoisotopic (exact) mass is 516 g/mol. The number of fused-ring (bicyclic) bond motifs is 1. The summed E-state index contributed by atoms with van der Waals surface area (Å²) in [5, 5.41) is 18.4. The first-order valence-electron chi connectivity index (χ1n) is 12.8. The lowest BCUT2D eigenvalue weighted by Crippen LogP contribution is -2.56. The van der Waals surface area contributed by atoms with E-state index in [0.717, 1.165) is 24.2 Å². The number of piperidine rings is 1. The molecule has 37 heavy (non-hydrogen) atoms. The maximum atomic E-state index is 14.1. The smallest absolute Gasteiger partial charge is 0.389 e. The molecule has 2 N–H and O–H groups in total. The third-order valence-corrected chi connectivity index (χ3v) is 8.29. The Bertz CT molecular complexity index is 1320. The molecule has 1 aliphatic carbocycles. The van der Waals surface area contributed by atoms with Gasteiger partial charge in [-0.05, 0) is 76.2 Å². The summed E-state index contributed by atoms with van der Waals surface area (Å²) in [6.45, 7) is 5.84. The fraction of sp³-hybridized carbons (Fsp3) is 0.577. The zero-order valence-corrected chi connectivity index (χ0v) is 20.9. The number of anilines is 2. The van der Waals surface area contributed by atoms with Gasteiger partial charge < -0.3 is 15.2 Å². The van der Waals surface area contributed by atoms with Crippen molar-refractivity contribution < 1.29 is 23.0 Å². The molecule has 2 atom stereocenters. The highest BCUT2D eigenvalue weighted by atomic mass is 19.4. The molecular weight excluding hydrogens is 485 g/mol. The minimum Gasteiger partial charge on any atom is -0.389 e. The number of aliphatic hydroxyl groups excluding tert-OH is 1. The highest BCUT2D eigenvalue weighted by molar-refractivity contribution is 5.81. The van der Waals surface area contributed by atoms with E-state index < -0.39 is 23.4 Å². The summed E-state index contributed by atoms with van der Waals surface area (Å²) in [5.41, 5.74) is 1.40. The first-order valence-corrected chi connectivity index (χ1v) is 12.8. The molecule has 3 aromatic rings. The van der Waals surface area contributed by atoms with Crippen LogP contribution < -0.4 is 5.32 Å². The lowest BCUT2D eigenvalue weighted by Gasteiger charge is -2.44. The fourth-order valence-electron chi connectivity index (χ4n) is 5.75. The van der Waals surface area contributed by atoms with Crippen molar-refractivity contribution in [2.24, 2.45) is 0 Å². The summed E-state index contributed by atoms with van der Waals surface area (Å²) in [6, 6.07) is 3.20. The third kappa shape index (κ3) is 4.46. The molecule has 0 spiro atoms. The number of halogens is 3. The quantitative estimate of drug-likeness (QED) is 0.514. The van der Waals surface area contributed by atoms with Crippen LogP contribution in [0.2, 0.25) is 0 Å². The van der Waals surface area contributed by atoms with Crippen molar-refractivity contribution in [3.63, 3.8) is 0 Å². The number of nitrogens with zero attached hydrogens (tertiary/aromatic N) is 5. The molecule has 1 aromatic carbocycles. The van der Waals surface area contributed by atoms with Gasteiger partial charge in [0.2, 0.25) is 5.95 Å². The Morgan fingerprint density at radius 3 is 2.54 bits per heavy atom. The van der Waals surface area contributed by atoms with Crippen LogP contribution in [0.25, 0.3) is 10.9 Å². The lowest BCUT2D eigenvalue weighted by molar-refractivity contribution is -0.138. The number of hydrogen-bond acceptors (Lipinski definition) is 7. The van der Waals surface area contributed by atoms with Crippen molar-refractivity contribution in [2.75, 3.05) is 31.6 Å². The minimum atomic E-state index is -4.48. The van der Waals surface area contributed by atoms with Crippen LogP contribution in [0, 0.1) is 6.92 Å². The van der Waals surface area contributed by atoms with Crippen LogP contribution >= 0.6 is 0 Å². The number of hydrogen-bond donors (Lipinski definition) is 2. The molecule has 0 unspecified atom stereocenters. The third-order valence-electron chi connectivity index (χ3n) is 8.29. The molecule has 0 amide bonds. The van der Waals surface area contributed by atoms with E-state index in [9.17, 15) is 18.3 Å². The van der Waals surface area contributed by atoms with Crippen LogP contribution in [0.3, 0.4) is 0 Å². The normalized spacial score (nSPS) is 25.7. The fourth-order valence-corrected chi connectivity index (χ4v) is 5.75. The summed E-state index contributed by atoms with van der Waals surface area (Å²) in [5.74, 6) is 0.0698. The summed E-state index contributed by atoms with van der Waals surface area (Å²) in [6.07, 6.45) is 1.46. The molecule has 6 rings (SSSR count). The Hall–Kier alpha value is -2.76. The molecule has 11 heteroatoms. The molecular formula is C26H31F3N6O2. The van der Waals surface area contributed by atoms with Crippen molar-refractivity contribution >= 4 is 22.5 Å². The Morgan fingerprint density at radius 2 is 1.89 bits per heavy atom. The SMILES string of the molecule is Cc1c(Nc2ncc3cc(C(F)(F)F)c(C4CCN([C@@]5(C)COC[C@H]5O)CC4)cc3n2)cnn1C1CC1. The van der Waals surface area contributed by atoms with Gasteiger partial charge in [0.1, 0.15) is 0 Å². The van der Waals surface area contributed by atoms with Gasteiger partial charge in [-0.1, -0.05) is 0 Å². The van der Waals surface area contributed by atoms with Crippen LogP contribution in [-0.2, 0) is 10.9 Å². The molecule has 0 bridgehead atoms. The van der Waals surface area contributed by atoms with Gasteiger partial charge in [-0.25, -0.2) is 9.97 Å². The van der Waals surface area contributed by atoms with Crippen LogP contribution in [-0.4, -0.2) is 67.7 Å². The van der Waals surface area contributed by atoms with E-state index in [1.807, 2.05) is 18.5 Å². The Morgan fingerprint density at radius 1 is 1.14 bits per heavy atom. The van der Waals surface area contributed by atoms with Gasteiger partial charge in [-0.3, -0.25) is 9.58 Å². The highest BCUT2D eigenvalue weighted by Crippen LogP contribution is 2.42. The molecule has 2 saturated heterocycles.